The van der Waals surface area contributed by atoms with Gasteiger partial charge in [-0.05, 0) is 43.5 Å². The van der Waals surface area contributed by atoms with Gasteiger partial charge in [0.1, 0.15) is 0 Å². The van der Waals surface area contributed by atoms with E-state index < -0.39 is 0 Å². The van der Waals surface area contributed by atoms with Crippen molar-refractivity contribution in [1.82, 2.24) is 5.32 Å². The second-order valence-corrected chi connectivity index (χ2v) is 5.89. The monoisotopic (exact) mass is 304 g/mol. The molecule has 0 saturated carbocycles. The summed E-state index contributed by atoms with van der Waals surface area (Å²) in [5, 5.41) is 2.88. The highest BCUT2D eigenvalue weighted by molar-refractivity contribution is 6.00. The van der Waals surface area contributed by atoms with Crippen LogP contribution < -0.4 is 10.2 Å². The summed E-state index contributed by atoms with van der Waals surface area (Å²) in [7, 11) is 1.64. The maximum absolute atomic E-state index is 12.2. The third kappa shape index (κ3) is 4.07. The van der Waals surface area contributed by atoms with E-state index in [1.807, 2.05) is 26.0 Å². The van der Waals surface area contributed by atoms with Crippen LogP contribution in [0.5, 0.6) is 0 Å². The van der Waals surface area contributed by atoms with Crippen LogP contribution in [0.4, 0.5) is 5.69 Å². The number of hydrogen-bond acceptors (Lipinski definition) is 3. The number of amides is 2. The minimum absolute atomic E-state index is 0.0158. The van der Waals surface area contributed by atoms with Crippen LogP contribution in [0, 0.1) is 19.8 Å². The van der Waals surface area contributed by atoms with Crippen molar-refractivity contribution in [2.45, 2.75) is 26.7 Å². The molecule has 1 atom stereocenters. The zero-order chi connectivity index (χ0) is 16.1. The van der Waals surface area contributed by atoms with E-state index in [-0.39, 0.29) is 24.2 Å². The van der Waals surface area contributed by atoms with Crippen molar-refractivity contribution < 1.29 is 14.3 Å². The standard InChI is InChI=1S/C17H24N2O3/c1-12-7-13(2)9-15(8-12)19-11-14(10-16(19)20)17(21)18-5-4-6-22-3/h7-9,14H,4-6,10-11H2,1-3H3,(H,18,21). The van der Waals surface area contributed by atoms with Crippen molar-refractivity contribution in [2.75, 3.05) is 31.7 Å². The summed E-state index contributed by atoms with van der Waals surface area (Å²) in [4.78, 5) is 26.1. The molecule has 0 spiro atoms. The number of carbonyl (C=O) groups excluding carboxylic acids is 2. The summed E-state index contributed by atoms with van der Waals surface area (Å²) < 4.78 is 4.95. The number of carbonyl (C=O) groups is 2. The second kappa shape index (κ2) is 7.40. The largest absolute Gasteiger partial charge is 0.385 e. The van der Waals surface area contributed by atoms with E-state index in [1.165, 1.54) is 0 Å². The maximum atomic E-state index is 12.2. The predicted octanol–water partition coefficient (Wildman–Crippen LogP) is 1.81. The Morgan fingerprint density at radius 3 is 2.64 bits per heavy atom. The Labute approximate surface area is 131 Å². The van der Waals surface area contributed by atoms with Gasteiger partial charge in [-0.1, -0.05) is 6.07 Å². The Kier molecular flexibility index (Phi) is 5.55. The van der Waals surface area contributed by atoms with Gasteiger partial charge < -0.3 is 15.0 Å². The van der Waals surface area contributed by atoms with Gasteiger partial charge in [-0.25, -0.2) is 0 Å². The molecule has 5 heteroatoms. The molecule has 1 fully saturated rings. The van der Waals surface area contributed by atoms with E-state index in [4.69, 9.17) is 4.74 Å². The third-order valence-corrected chi connectivity index (χ3v) is 3.84. The first-order valence-electron chi connectivity index (χ1n) is 7.66. The van der Waals surface area contributed by atoms with Crippen LogP contribution >= 0.6 is 0 Å². The number of nitrogens with zero attached hydrogens (tertiary/aromatic N) is 1. The van der Waals surface area contributed by atoms with Crippen molar-refractivity contribution in [3.8, 4) is 0 Å². The smallest absolute Gasteiger partial charge is 0.227 e. The van der Waals surface area contributed by atoms with Crippen LogP contribution in [0.25, 0.3) is 0 Å². The van der Waals surface area contributed by atoms with Crippen LogP contribution in [-0.4, -0.2) is 38.6 Å². The lowest BCUT2D eigenvalue weighted by Crippen LogP contribution is -2.33. The number of anilines is 1. The lowest BCUT2D eigenvalue weighted by molar-refractivity contribution is -0.126. The van der Waals surface area contributed by atoms with Gasteiger partial charge >= 0.3 is 0 Å². The van der Waals surface area contributed by atoms with Crippen LogP contribution in [0.15, 0.2) is 18.2 Å². The minimum Gasteiger partial charge on any atom is -0.385 e. The van der Waals surface area contributed by atoms with Gasteiger partial charge in [-0.3, -0.25) is 9.59 Å². The molecule has 2 amide bonds. The van der Waals surface area contributed by atoms with Gasteiger partial charge in [-0.2, -0.15) is 0 Å². The van der Waals surface area contributed by atoms with Crippen molar-refractivity contribution in [2.24, 2.45) is 5.92 Å². The molecule has 0 aromatic heterocycles. The zero-order valence-electron chi connectivity index (χ0n) is 13.5. The average molecular weight is 304 g/mol. The number of ether oxygens (including phenoxy) is 1. The number of hydrogen-bond donors (Lipinski definition) is 1. The molecular weight excluding hydrogens is 280 g/mol. The molecule has 120 valence electrons. The molecule has 1 aliphatic rings. The first kappa shape index (κ1) is 16.5. The van der Waals surface area contributed by atoms with E-state index in [0.717, 1.165) is 23.2 Å². The van der Waals surface area contributed by atoms with Crippen molar-refractivity contribution in [3.63, 3.8) is 0 Å². The molecule has 0 radical (unpaired) electrons. The SMILES string of the molecule is COCCCNC(=O)C1CC(=O)N(c2cc(C)cc(C)c2)C1. The molecule has 5 nitrogen and oxygen atoms in total. The summed E-state index contributed by atoms with van der Waals surface area (Å²) in [5.41, 5.74) is 3.13. The van der Waals surface area contributed by atoms with Gasteiger partial charge in [0.05, 0.1) is 5.92 Å². The molecule has 1 unspecified atom stereocenters. The van der Waals surface area contributed by atoms with E-state index in [2.05, 4.69) is 11.4 Å². The Morgan fingerprint density at radius 1 is 1.32 bits per heavy atom. The molecular formula is C17H24N2O3. The van der Waals surface area contributed by atoms with Gasteiger partial charge in [-0.15, -0.1) is 0 Å². The number of rotatable bonds is 6. The first-order valence-corrected chi connectivity index (χ1v) is 7.66. The Balaban J connectivity index is 1.97. The fraction of sp³-hybridized carbons (Fsp3) is 0.529. The van der Waals surface area contributed by atoms with E-state index in [9.17, 15) is 9.59 Å². The van der Waals surface area contributed by atoms with Crippen molar-refractivity contribution in [3.05, 3.63) is 29.3 Å². The van der Waals surface area contributed by atoms with E-state index in [1.54, 1.807) is 12.0 Å². The normalized spacial score (nSPS) is 17.9. The summed E-state index contributed by atoms with van der Waals surface area (Å²) in [6.45, 7) is 5.69. The Bertz CT molecular complexity index is 537. The molecule has 0 bridgehead atoms. The number of aryl methyl sites for hydroxylation is 2. The molecule has 2 rings (SSSR count). The van der Waals surface area contributed by atoms with Gasteiger partial charge in [0.2, 0.25) is 11.8 Å². The summed E-state index contributed by atoms with van der Waals surface area (Å²) in [5.74, 6) is -0.297. The van der Waals surface area contributed by atoms with Crippen LogP contribution in [0.1, 0.15) is 24.0 Å². The highest BCUT2D eigenvalue weighted by atomic mass is 16.5. The lowest BCUT2D eigenvalue weighted by atomic mass is 10.1. The Morgan fingerprint density at radius 2 is 2.00 bits per heavy atom. The molecule has 1 aliphatic heterocycles. The fourth-order valence-electron chi connectivity index (χ4n) is 2.81. The van der Waals surface area contributed by atoms with E-state index in [0.29, 0.717) is 19.7 Å². The highest BCUT2D eigenvalue weighted by Gasteiger charge is 2.35. The topological polar surface area (TPSA) is 58.6 Å². The zero-order valence-corrected chi connectivity index (χ0v) is 13.5. The van der Waals surface area contributed by atoms with Gasteiger partial charge in [0.25, 0.3) is 0 Å². The molecule has 1 N–H and O–H groups in total. The van der Waals surface area contributed by atoms with E-state index >= 15 is 0 Å². The van der Waals surface area contributed by atoms with Crippen molar-refractivity contribution >= 4 is 17.5 Å². The average Bonchev–Trinajstić information content (AvgIpc) is 2.84. The quantitative estimate of drug-likeness (QED) is 0.815. The van der Waals surface area contributed by atoms with Gasteiger partial charge in [0.15, 0.2) is 0 Å². The first-order chi connectivity index (χ1) is 10.5. The molecule has 1 heterocycles. The summed E-state index contributed by atoms with van der Waals surface area (Å²) in [6.07, 6.45) is 1.06. The van der Waals surface area contributed by atoms with Crippen LogP contribution in [0.3, 0.4) is 0 Å². The molecule has 1 aromatic rings. The third-order valence-electron chi connectivity index (χ3n) is 3.84. The number of benzene rings is 1. The summed E-state index contributed by atoms with van der Waals surface area (Å²) >= 11 is 0. The number of nitrogens with one attached hydrogen (secondary N) is 1. The highest BCUT2D eigenvalue weighted by Crippen LogP contribution is 2.27. The van der Waals surface area contributed by atoms with Crippen molar-refractivity contribution in [1.29, 1.82) is 0 Å². The fourth-order valence-corrected chi connectivity index (χ4v) is 2.81. The van der Waals surface area contributed by atoms with Crippen LogP contribution in [-0.2, 0) is 14.3 Å². The maximum Gasteiger partial charge on any atom is 0.227 e. The predicted molar refractivity (Wildman–Crippen MR) is 85.9 cm³/mol. The van der Waals surface area contributed by atoms with Gasteiger partial charge in [0, 0.05) is 38.9 Å². The second-order valence-electron chi connectivity index (χ2n) is 5.89. The molecule has 22 heavy (non-hydrogen) atoms. The molecule has 0 aliphatic carbocycles. The summed E-state index contributed by atoms with van der Waals surface area (Å²) in [6, 6.07) is 6.05. The van der Waals surface area contributed by atoms with Crippen LogP contribution in [0.2, 0.25) is 0 Å². The lowest BCUT2D eigenvalue weighted by Gasteiger charge is -2.18. The molecule has 1 saturated heterocycles. The minimum atomic E-state index is -0.268. The Hall–Kier alpha value is -1.88. The number of methoxy groups -OCH3 is 1. The molecule has 1 aromatic carbocycles.